The fraction of sp³-hybridized carbons (Fsp3) is 1.00. The van der Waals surface area contributed by atoms with Crippen molar-refractivity contribution < 1.29 is 13.9 Å². The summed E-state index contributed by atoms with van der Waals surface area (Å²) in [5, 5.41) is 8.22. The summed E-state index contributed by atoms with van der Waals surface area (Å²) in [6, 6.07) is 0. The number of hydrogen-bond acceptors (Lipinski definition) is 3. The lowest BCUT2D eigenvalue weighted by atomic mass is 10.7. The van der Waals surface area contributed by atoms with Crippen LogP contribution in [0.15, 0.2) is 0 Å². The van der Waals surface area contributed by atoms with Gasteiger partial charge in [-0.1, -0.05) is 0 Å². The molecule has 0 aliphatic rings. The minimum absolute atomic E-state index is 0.988. The first-order valence-corrected chi connectivity index (χ1v) is 2.74. The molecular weight excluding hydrogens is 118 g/mol. The zero-order valence-corrected chi connectivity index (χ0v) is 4.57. The third kappa shape index (κ3) is 6.03. The maximum Gasteiger partial charge on any atom is 0.112 e. The second-order valence-corrected chi connectivity index (χ2v) is 1.73. The predicted molar refractivity (Wildman–Crippen MR) is 23.7 cm³/mol. The van der Waals surface area contributed by atoms with Crippen molar-refractivity contribution in [1.29, 1.82) is 0 Å². The van der Waals surface area contributed by atoms with E-state index in [1.54, 1.807) is 4.72 Å². The largest absolute Gasteiger partial charge is 0.760 e. The molecule has 0 fully saturated rings. The van der Waals surface area contributed by atoms with Gasteiger partial charge in [0, 0.05) is 11.3 Å². The first-order chi connectivity index (χ1) is 3.13. The minimum atomic E-state index is -2.35. The smallest absolute Gasteiger partial charge is 0.112 e. The van der Waals surface area contributed by atoms with Gasteiger partial charge in [0.15, 0.2) is 0 Å². The van der Waals surface area contributed by atoms with Gasteiger partial charge in [-0.25, -0.2) is 4.72 Å². The van der Waals surface area contributed by atoms with Crippen LogP contribution in [0.25, 0.3) is 0 Å². The maximum atomic E-state index is 9.54. The summed E-state index contributed by atoms with van der Waals surface area (Å²) in [7, 11) is 0. The molecule has 2 atom stereocenters. The van der Waals surface area contributed by atoms with E-state index >= 15 is 0 Å². The molecule has 0 saturated heterocycles. The van der Waals surface area contributed by atoms with Crippen molar-refractivity contribution in [2.45, 2.75) is 13.2 Å². The summed E-state index contributed by atoms with van der Waals surface area (Å²) >= 11 is -2.35. The number of nitrogens with one attached hydrogen (secondary N) is 1. The highest BCUT2D eigenvalue weighted by Crippen LogP contribution is 1.69. The highest BCUT2D eigenvalue weighted by molar-refractivity contribution is 7.77. The molecule has 0 aliphatic carbocycles. The maximum absolute atomic E-state index is 9.54. The molecule has 4 nitrogen and oxygen atoms in total. The van der Waals surface area contributed by atoms with Crippen molar-refractivity contribution in [2.24, 2.45) is 0 Å². The Balaban J connectivity index is 3.13. The average molecular weight is 124 g/mol. The zero-order chi connectivity index (χ0) is 5.86. The molecule has 0 radical (unpaired) electrons. The minimum Gasteiger partial charge on any atom is -0.760 e. The van der Waals surface area contributed by atoms with E-state index in [9.17, 15) is 8.76 Å². The Morgan fingerprint density at radius 1 is 2.00 bits per heavy atom. The molecule has 7 heavy (non-hydrogen) atoms. The van der Waals surface area contributed by atoms with Crippen molar-refractivity contribution in [3.05, 3.63) is 0 Å². The van der Waals surface area contributed by atoms with Gasteiger partial charge >= 0.3 is 0 Å². The highest BCUT2D eigenvalue weighted by Gasteiger charge is 1.87. The van der Waals surface area contributed by atoms with Crippen LogP contribution in [0.3, 0.4) is 0 Å². The molecule has 5 heteroatoms. The van der Waals surface area contributed by atoms with E-state index in [2.05, 4.69) is 0 Å². The van der Waals surface area contributed by atoms with Crippen LogP contribution in [0.4, 0.5) is 0 Å². The highest BCUT2D eigenvalue weighted by atomic mass is 32.2. The number of aliphatic hydroxyl groups excluding tert-OH is 1. The van der Waals surface area contributed by atoms with E-state index in [0.29, 0.717) is 0 Å². The Labute approximate surface area is 44.0 Å². The van der Waals surface area contributed by atoms with Gasteiger partial charge in [-0.2, -0.15) is 0 Å². The first kappa shape index (κ1) is 7.03. The average Bonchev–Trinajstić information content (AvgIpc) is 1.27. The van der Waals surface area contributed by atoms with Crippen molar-refractivity contribution >= 4 is 11.3 Å². The molecule has 0 heterocycles. The zero-order valence-electron chi connectivity index (χ0n) is 3.75. The standard InChI is InChI=1S/C2H7NO3S/c1-2(4)3-7(5)6/h2-4H,1H3,(H,5,6)/p-1. The van der Waals surface area contributed by atoms with Gasteiger partial charge in [0.1, 0.15) is 6.23 Å². The molecule has 0 aromatic heterocycles. The predicted octanol–water partition coefficient (Wildman–Crippen LogP) is -1.29. The van der Waals surface area contributed by atoms with E-state index in [1.165, 1.54) is 6.92 Å². The van der Waals surface area contributed by atoms with Crippen molar-refractivity contribution in [1.82, 2.24) is 4.72 Å². The molecular formula is C2H6NO3S-. The van der Waals surface area contributed by atoms with E-state index < -0.39 is 17.5 Å². The lowest BCUT2D eigenvalue weighted by Crippen LogP contribution is -2.26. The Hall–Kier alpha value is 0.0300. The Morgan fingerprint density at radius 2 is 2.43 bits per heavy atom. The Kier molecular flexibility index (Phi) is 3.10. The topological polar surface area (TPSA) is 72.4 Å². The van der Waals surface area contributed by atoms with Gasteiger partial charge in [-0.05, 0) is 6.92 Å². The second kappa shape index (κ2) is 3.09. The van der Waals surface area contributed by atoms with Crippen molar-refractivity contribution in [3.8, 4) is 0 Å². The molecule has 0 saturated carbocycles. The van der Waals surface area contributed by atoms with Gasteiger partial charge in [0.05, 0.1) is 0 Å². The lowest BCUT2D eigenvalue weighted by Gasteiger charge is -2.07. The monoisotopic (exact) mass is 124 g/mol. The van der Waals surface area contributed by atoms with E-state index in [1.807, 2.05) is 0 Å². The van der Waals surface area contributed by atoms with Gasteiger partial charge in [0.2, 0.25) is 0 Å². The second-order valence-electron chi connectivity index (χ2n) is 1.03. The molecule has 0 amide bonds. The third-order valence-electron chi connectivity index (χ3n) is 0.267. The summed E-state index contributed by atoms with van der Waals surface area (Å²) in [6.45, 7) is 1.32. The molecule has 2 unspecified atom stereocenters. The van der Waals surface area contributed by atoms with E-state index in [-0.39, 0.29) is 0 Å². The lowest BCUT2D eigenvalue weighted by molar-refractivity contribution is 0.182. The van der Waals surface area contributed by atoms with Crippen molar-refractivity contribution in [2.75, 3.05) is 0 Å². The van der Waals surface area contributed by atoms with E-state index in [4.69, 9.17) is 5.11 Å². The molecule has 0 bridgehead atoms. The Bertz CT molecular complexity index is 73.3. The van der Waals surface area contributed by atoms with Crippen LogP contribution >= 0.6 is 0 Å². The van der Waals surface area contributed by atoms with Gasteiger partial charge in [-0.15, -0.1) is 0 Å². The van der Waals surface area contributed by atoms with E-state index in [0.717, 1.165) is 0 Å². The quantitative estimate of drug-likeness (QED) is 0.355. The van der Waals surface area contributed by atoms with Crippen LogP contribution < -0.4 is 4.72 Å². The summed E-state index contributed by atoms with van der Waals surface area (Å²) < 4.78 is 20.9. The Morgan fingerprint density at radius 3 is 2.43 bits per heavy atom. The van der Waals surface area contributed by atoms with Crippen LogP contribution in [0.2, 0.25) is 0 Å². The molecule has 44 valence electrons. The van der Waals surface area contributed by atoms with Crippen LogP contribution in [0.1, 0.15) is 6.92 Å². The summed E-state index contributed by atoms with van der Waals surface area (Å²) in [5.74, 6) is 0. The number of aliphatic hydroxyl groups is 1. The van der Waals surface area contributed by atoms with Crippen LogP contribution in [0.5, 0.6) is 0 Å². The fourth-order valence-corrected chi connectivity index (χ4v) is 0.418. The summed E-state index contributed by atoms with van der Waals surface area (Å²) in [6.07, 6.45) is -0.988. The molecule has 2 N–H and O–H groups in total. The third-order valence-corrected chi connectivity index (χ3v) is 0.800. The van der Waals surface area contributed by atoms with Gasteiger partial charge in [-0.3, -0.25) is 4.21 Å². The van der Waals surface area contributed by atoms with Crippen LogP contribution in [0, 0.1) is 0 Å². The van der Waals surface area contributed by atoms with Gasteiger partial charge < -0.3 is 9.66 Å². The fourth-order valence-electron chi connectivity index (χ4n) is 0.139. The normalized spacial score (nSPS) is 18.7. The van der Waals surface area contributed by atoms with Crippen molar-refractivity contribution in [3.63, 3.8) is 0 Å². The van der Waals surface area contributed by atoms with Gasteiger partial charge in [0.25, 0.3) is 0 Å². The SMILES string of the molecule is CC(O)NS(=O)[O-]. The molecule has 0 spiro atoms. The summed E-state index contributed by atoms with van der Waals surface area (Å²) in [4.78, 5) is 0. The van der Waals surface area contributed by atoms with Crippen LogP contribution in [-0.4, -0.2) is 20.1 Å². The molecule has 0 aromatic carbocycles. The van der Waals surface area contributed by atoms with Crippen LogP contribution in [-0.2, 0) is 11.3 Å². The number of hydrogen-bond donors (Lipinski definition) is 2. The molecule has 0 aliphatic heterocycles. The summed E-state index contributed by atoms with van der Waals surface area (Å²) in [5.41, 5.74) is 0. The first-order valence-electron chi connectivity index (χ1n) is 1.66. The molecule has 0 rings (SSSR count). The molecule has 0 aromatic rings. The number of rotatable bonds is 2.